The summed E-state index contributed by atoms with van der Waals surface area (Å²) < 4.78 is 10.9. The third-order valence-corrected chi connectivity index (χ3v) is 7.79. The molecular weight excluding hydrogens is 366 g/mol. The Labute approximate surface area is 174 Å². The van der Waals surface area contributed by atoms with Crippen LogP contribution < -0.4 is 5.32 Å². The number of ether oxygens (including phenoxy) is 1. The van der Waals surface area contributed by atoms with E-state index in [-0.39, 0.29) is 18.0 Å². The molecule has 4 atom stereocenters. The zero-order valence-electron chi connectivity index (χ0n) is 18.3. The van der Waals surface area contributed by atoms with E-state index in [2.05, 4.69) is 31.8 Å². The van der Waals surface area contributed by atoms with Crippen molar-refractivity contribution >= 4 is 5.97 Å². The van der Waals surface area contributed by atoms with Crippen molar-refractivity contribution < 1.29 is 19.1 Å². The molecule has 162 valence electrons. The van der Waals surface area contributed by atoms with Crippen LogP contribution >= 0.6 is 0 Å². The van der Waals surface area contributed by atoms with Crippen molar-refractivity contribution in [3.63, 3.8) is 0 Å². The number of hydrogen-bond donors (Lipinski definition) is 2. The molecule has 2 fully saturated rings. The molecule has 2 saturated carbocycles. The smallest absolute Gasteiger partial charge is 0.311 e. The van der Waals surface area contributed by atoms with Gasteiger partial charge in [-0.25, -0.2) is 0 Å². The van der Waals surface area contributed by atoms with Crippen molar-refractivity contribution in [3.8, 4) is 0 Å². The van der Waals surface area contributed by atoms with E-state index in [9.17, 15) is 4.79 Å². The van der Waals surface area contributed by atoms with Crippen LogP contribution in [0.4, 0.5) is 0 Å². The van der Waals surface area contributed by atoms with Gasteiger partial charge in [0.25, 0.3) is 0 Å². The highest BCUT2D eigenvalue weighted by Gasteiger charge is 2.57. The lowest BCUT2D eigenvalue weighted by Gasteiger charge is -2.57. The molecular formula is C24H37NO4. The Kier molecular flexibility index (Phi) is 6.90. The molecule has 1 aromatic heterocycles. The molecule has 0 aliphatic heterocycles. The zero-order valence-corrected chi connectivity index (χ0v) is 18.3. The zero-order chi connectivity index (χ0) is 21.1. The number of methoxy groups -OCH3 is 1. The summed E-state index contributed by atoms with van der Waals surface area (Å²) in [6.07, 6.45) is 8.85. The number of nitrogens with one attached hydrogen (secondary N) is 1. The number of aliphatic hydroxyl groups excluding tert-OH is 1. The molecule has 3 rings (SSSR count). The van der Waals surface area contributed by atoms with Crippen LogP contribution in [0.5, 0.6) is 0 Å². The highest BCUT2D eigenvalue weighted by molar-refractivity contribution is 5.77. The van der Waals surface area contributed by atoms with Gasteiger partial charge in [0.2, 0.25) is 0 Å². The van der Waals surface area contributed by atoms with Gasteiger partial charge in [-0.1, -0.05) is 25.5 Å². The summed E-state index contributed by atoms with van der Waals surface area (Å²) in [5, 5.41) is 12.2. The Morgan fingerprint density at radius 3 is 2.93 bits per heavy atom. The van der Waals surface area contributed by atoms with Crippen molar-refractivity contribution in [3.05, 3.63) is 35.8 Å². The van der Waals surface area contributed by atoms with Crippen LogP contribution in [-0.4, -0.2) is 31.3 Å². The van der Waals surface area contributed by atoms with Crippen LogP contribution in [0, 0.1) is 22.7 Å². The van der Waals surface area contributed by atoms with Crippen LogP contribution in [0.1, 0.15) is 63.7 Å². The lowest BCUT2D eigenvalue weighted by atomic mass is 9.46. The van der Waals surface area contributed by atoms with Gasteiger partial charge in [0, 0.05) is 6.54 Å². The van der Waals surface area contributed by atoms with Crippen LogP contribution in [0.25, 0.3) is 0 Å². The molecule has 0 radical (unpaired) electrons. The minimum atomic E-state index is -0.393. The predicted octanol–water partition coefficient (Wildman–Crippen LogP) is 4.25. The largest absolute Gasteiger partial charge is 0.469 e. The molecule has 0 amide bonds. The second-order valence-corrected chi connectivity index (χ2v) is 9.38. The van der Waals surface area contributed by atoms with Gasteiger partial charge in [0.1, 0.15) is 5.76 Å². The molecule has 0 unspecified atom stereocenters. The van der Waals surface area contributed by atoms with Gasteiger partial charge in [0.15, 0.2) is 0 Å². The number of carbonyl (C=O) groups is 1. The Morgan fingerprint density at radius 2 is 2.21 bits per heavy atom. The summed E-state index contributed by atoms with van der Waals surface area (Å²) in [5.41, 5.74) is 2.24. The van der Waals surface area contributed by atoms with Crippen LogP contribution in [0.15, 0.2) is 28.9 Å². The Balaban J connectivity index is 1.76. The summed E-state index contributed by atoms with van der Waals surface area (Å²) >= 11 is 0. The number of esters is 1. The Hall–Kier alpha value is -1.59. The molecule has 2 aliphatic carbocycles. The second kappa shape index (κ2) is 9.05. The maximum atomic E-state index is 12.7. The van der Waals surface area contributed by atoms with E-state index in [1.165, 1.54) is 18.2 Å². The molecule has 0 bridgehead atoms. The topological polar surface area (TPSA) is 71.7 Å². The lowest BCUT2D eigenvalue weighted by molar-refractivity contribution is -0.168. The average Bonchev–Trinajstić information content (AvgIpc) is 3.14. The molecule has 2 N–H and O–H groups in total. The number of fused-ring (bicyclic) bond motifs is 1. The molecule has 2 aliphatic rings. The molecule has 29 heavy (non-hydrogen) atoms. The van der Waals surface area contributed by atoms with E-state index in [1.807, 2.05) is 0 Å². The van der Waals surface area contributed by atoms with Crippen LogP contribution in [0.3, 0.4) is 0 Å². The van der Waals surface area contributed by atoms with E-state index >= 15 is 0 Å². The molecule has 5 nitrogen and oxygen atoms in total. The molecule has 1 aromatic rings. The van der Waals surface area contributed by atoms with Gasteiger partial charge in [-0.15, -0.1) is 0 Å². The average molecular weight is 404 g/mol. The minimum absolute atomic E-state index is 0.0493. The maximum Gasteiger partial charge on any atom is 0.311 e. The quantitative estimate of drug-likeness (QED) is 0.386. The predicted molar refractivity (Wildman–Crippen MR) is 113 cm³/mol. The number of aliphatic hydroxyl groups is 1. The molecule has 0 saturated heterocycles. The molecule has 0 aromatic carbocycles. The highest BCUT2D eigenvalue weighted by Crippen LogP contribution is 2.62. The second-order valence-electron chi connectivity index (χ2n) is 9.38. The van der Waals surface area contributed by atoms with Gasteiger partial charge < -0.3 is 19.6 Å². The van der Waals surface area contributed by atoms with Crippen LogP contribution in [0.2, 0.25) is 0 Å². The van der Waals surface area contributed by atoms with Crippen molar-refractivity contribution in [2.45, 2.75) is 65.3 Å². The molecule has 0 spiro atoms. The van der Waals surface area contributed by atoms with E-state index in [0.29, 0.717) is 24.9 Å². The monoisotopic (exact) mass is 403 g/mol. The molecule has 1 heterocycles. The third-order valence-electron chi connectivity index (χ3n) is 7.79. The summed E-state index contributed by atoms with van der Waals surface area (Å²) in [6, 6.07) is 2.06. The standard InChI is InChI=1S/C24H37NO4/c1-17-6-9-21-23(2,11-5-12-24(21,3)22(27)28-4)19(17)8-7-18-10-15-29-20(18)16-25-13-14-26/h10,15,19,21,25-26H,1,5-9,11-14,16H2,2-4H3/t19-,21+,23+,24-/m1/s1. The van der Waals surface area contributed by atoms with Gasteiger partial charge in [-0.05, 0) is 74.3 Å². The summed E-state index contributed by atoms with van der Waals surface area (Å²) in [6.45, 7) is 10.3. The number of rotatable bonds is 8. The van der Waals surface area contributed by atoms with Crippen molar-refractivity contribution in [2.75, 3.05) is 20.3 Å². The van der Waals surface area contributed by atoms with E-state index in [4.69, 9.17) is 14.3 Å². The first kappa shape index (κ1) is 22.1. The number of aryl methyl sites for hydroxylation is 1. The minimum Gasteiger partial charge on any atom is -0.469 e. The fourth-order valence-electron chi connectivity index (χ4n) is 6.29. The summed E-state index contributed by atoms with van der Waals surface area (Å²) in [4.78, 5) is 12.7. The normalized spacial score (nSPS) is 32.1. The van der Waals surface area contributed by atoms with E-state index in [1.54, 1.807) is 6.26 Å². The van der Waals surface area contributed by atoms with Crippen molar-refractivity contribution in [1.29, 1.82) is 0 Å². The van der Waals surface area contributed by atoms with Crippen LogP contribution in [-0.2, 0) is 22.5 Å². The van der Waals surface area contributed by atoms with Gasteiger partial charge in [-0.2, -0.15) is 0 Å². The van der Waals surface area contributed by atoms with Crippen molar-refractivity contribution in [2.24, 2.45) is 22.7 Å². The first-order valence-corrected chi connectivity index (χ1v) is 11.0. The SMILES string of the molecule is C=C1CC[C@H]2[C@@](C)(CCC[C@@]2(C)C(=O)OC)[C@@H]1CCc1ccoc1CNCCO. The van der Waals surface area contributed by atoms with Gasteiger partial charge >= 0.3 is 5.97 Å². The highest BCUT2D eigenvalue weighted by atomic mass is 16.5. The lowest BCUT2D eigenvalue weighted by Crippen LogP contribution is -2.53. The first-order chi connectivity index (χ1) is 13.9. The first-order valence-electron chi connectivity index (χ1n) is 11.0. The van der Waals surface area contributed by atoms with E-state index in [0.717, 1.165) is 50.7 Å². The number of furan rings is 1. The maximum absolute atomic E-state index is 12.7. The fraction of sp³-hybridized carbons (Fsp3) is 0.708. The van der Waals surface area contributed by atoms with E-state index < -0.39 is 5.41 Å². The Morgan fingerprint density at radius 1 is 1.41 bits per heavy atom. The number of allylic oxidation sites excluding steroid dienone is 1. The van der Waals surface area contributed by atoms with Gasteiger partial charge in [-0.3, -0.25) is 4.79 Å². The van der Waals surface area contributed by atoms with Crippen molar-refractivity contribution in [1.82, 2.24) is 5.32 Å². The third kappa shape index (κ3) is 4.17. The summed E-state index contributed by atoms with van der Waals surface area (Å²) in [5.74, 6) is 1.64. The fourth-order valence-corrected chi connectivity index (χ4v) is 6.29. The van der Waals surface area contributed by atoms with Gasteiger partial charge in [0.05, 0.1) is 31.9 Å². The Bertz CT molecular complexity index is 726. The summed E-state index contributed by atoms with van der Waals surface area (Å²) in [7, 11) is 1.52. The number of hydrogen-bond acceptors (Lipinski definition) is 5. The molecule has 5 heteroatoms. The number of carbonyl (C=O) groups excluding carboxylic acids is 1.